The third-order valence-electron chi connectivity index (χ3n) is 5.01. The zero-order chi connectivity index (χ0) is 19.2. The molecule has 5 heteroatoms. The number of carbonyl (C=O) groups excluding carboxylic acids is 1. The SMILES string of the molecule is C#Cc1ccc([C@@H]2C=C(C(=O)NC3CC3)O[C@H](OCC)[C@@H]2CCCO)cc1. The number of hydrogen-bond acceptors (Lipinski definition) is 4. The van der Waals surface area contributed by atoms with Crippen molar-refractivity contribution in [3.05, 3.63) is 47.2 Å². The maximum atomic E-state index is 12.6. The van der Waals surface area contributed by atoms with Crippen LogP contribution in [0.4, 0.5) is 0 Å². The highest BCUT2D eigenvalue weighted by molar-refractivity contribution is 5.92. The molecule has 0 aromatic heterocycles. The summed E-state index contributed by atoms with van der Waals surface area (Å²) >= 11 is 0. The molecule has 0 radical (unpaired) electrons. The molecule has 1 aromatic carbocycles. The van der Waals surface area contributed by atoms with Gasteiger partial charge in [-0.05, 0) is 56.4 Å². The molecule has 1 amide bonds. The fraction of sp³-hybridized carbons (Fsp3) is 0.500. The predicted molar refractivity (Wildman–Crippen MR) is 103 cm³/mol. The molecule has 1 heterocycles. The van der Waals surface area contributed by atoms with Gasteiger partial charge in [-0.15, -0.1) is 6.42 Å². The Hall–Kier alpha value is -2.29. The van der Waals surface area contributed by atoms with Crippen molar-refractivity contribution in [2.24, 2.45) is 5.92 Å². The number of aliphatic hydroxyl groups is 1. The van der Waals surface area contributed by atoms with Crippen LogP contribution in [-0.2, 0) is 14.3 Å². The summed E-state index contributed by atoms with van der Waals surface area (Å²) in [6.45, 7) is 2.50. The Morgan fingerprint density at radius 1 is 1.37 bits per heavy atom. The summed E-state index contributed by atoms with van der Waals surface area (Å²) in [5.74, 6) is 2.71. The molecule has 1 aliphatic carbocycles. The number of benzene rings is 1. The summed E-state index contributed by atoms with van der Waals surface area (Å²) < 4.78 is 11.8. The average molecular weight is 369 g/mol. The van der Waals surface area contributed by atoms with Gasteiger partial charge in [0.25, 0.3) is 5.91 Å². The lowest BCUT2D eigenvalue weighted by Crippen LogP contribution is -2.39. The molecule has 1 saturated carbocycles. The van der Waals surface area contributed by atoms with Gasteiger partial charge in [-0.3, -0.25) is 4.79 Å². The molecule has 2 aliphatic rings. The number of rotatable bonds is 8. The zero-order valence-corrected chi connectivity index (χ0v) is 15.7. The standard InChI is InChI=1S/C22H27NO4/c1-3-15-7-9-16(10-8-15)19-14-20(21(25)23-17-11-12-17)27-22(26-4-2)18(19)6-5-13-24/h1,7-10,14,17-19,22,24H,4-6,11-13H2,2H3,(H,23,25)/t18-,19+,22+/m1/s1. The van der Waals surface area contributed by atoms with Gasteiger partial charge in [0.05, 0.1) is 0 Å². The van der Waals surface area contributed by atoms with Gasteiger partial charge in [0, 0.05) is 36.7 Å². The maximum absolute atomic E-state index is 12.6. The van der Waals surface area contributed by atoms with Crippen molar-refractivity contribution < 1.29 is 19.4 Å². The fourth-order valence-electron chi connectivity index (χ4n) is 3.43. The van der Waals surface area contributed by atoms with E-state index < -0.39 is 6.29 Å². The predicted octanol–water partition coefficient (Wildman–Crippen LogP) is 2.70. The minimum atomic E-state index is -0.524. The lowest BCUT2D eigenvalue weighted by Gasteiger charge is -2.37. The van der Waals surface area contributed by atoms with Crippen LogP contribution in [0.5, 0.6) is 0 Å². The number of allylic oxidation sites excluding steroid dienone is 1. The van der Waals surface area contributed by atoms with E-state index in [4.69, 9.17) is 15.9 Å². The Labute approximate surface area is 160 Å². The van der Waals surface area contributed by atoms with E-state index in [1.165, 1.54) is 0 Å². The second kappa shape index (κ2) is 9.07. The largest absolute Gasteiger partial charge is 0.459 e. The van der Waals surface area contributed by atoms with Crippen LogP contribution in [0.1, 0.15) is 49.7 Å². The molecule has 1 fully saturated rings. The quantitative estimate of drug-likeness (QED) is 0.692. The van der Waals surface area contributed by atoms with Gasteiger partial charge in [-0.2, -0.15) is 0 Å². The summed E-state index contributed by atoms with van der Waals surface area (Å²) in [5.41, 5.74) is 1.87. The van der Waals surface area contributed by atoms with Crippen molar-refractivity contribution >= 4 is 5.91 Å². The summed E-state index contributed by atoms with van der Waals surface area (Å²) in [6.07, 6.45) is 10.2. The first-order valence-corrected chi connectivity index (χ1v) is 9.64. The highest BCUT2D eigenvalue weighted by atomic mass is 16.7. The highest BCUT2D eigenvalue weighted by Crippen LogP contribution is 2.39. The second-order valence-corrected chi connectivity index (χ2v) is 7.04. The number of carbonyl (C=O) groups is 1. The van der Waals surface area contributed by atoms with Crippen LogP contribution in [0.15, 0.2) is 36.1 Å². The van der Waals surface area contributed by atoms with Gasteiger partial charge in [0.1, 0.15) is 0 Å². The van der Waals surface area contributed by atoms with Gasteiger partial charge in [0.15, 0.2) is 5.76 Å². The average Bonchev–Trinajstić information content (AvgIpc) is 3.50. The summed E-state index contributed by atoms with van der Waals surface area (Å²) in [7, 11) is 0. The lowest BCUT2D eigenvalue weighted by molar-refractivity contribution is -0.166. The first-order valence-electron chi connectivity index (χ1n) is 9.64. The summed E-state index contributed by atoms with van der Waals surface area (Å²) in [4.78, 5) is 12.6. The smallest absolute Gasteiger partial charge is 0.286 e. The number of hydrogen-bond donors (Lipinski definition) is 2. The van der Waals surface area contributed by atoms with E-state index in [1.807, 2.05) is 37.3 Å². The van der Waals surface area contributed by atoms with E-state index in [2.05, 4.69) is 11.2 Å². The first-order chi connectivity index (χ1) is 13.2. The highest BCUT2D eigenvalue weighted by Gasteiger charge is 2.38. The Kier molecular flexibility index (Phi) is 6.54. The van der Waals surface area contributed by atoms with Gasteiger partial charge in [-0.1, -0.05) is 18.1 Å². The Balaban J connectivity index is 1.91. The van der Waals surface area contributed by atoms with Crippen LogP contribution < -0.4 is 5.32 Å². The molecule has 5 nitrogen and oxygen atoms in total. The molecule has 3 rings (SSSR count). The monoisotopic (exact) mass is 369 g/mol. The van der Waals surface area contributed by atoms with Gasteiger partial charge in [-0.25, -0.2) is 0 Å². The second-order valence-electron chi connectivity index (χ2n) is 7.04. The van der Waals surface area contributed by atoms with Crippen molar-refractivity contribution in [3.63, 3.8) is 0 Å². The number of nitrogens with one attached hydrogen (secondary N) is 1. The van der Waals surface area contributed by atoms with Crippen LogP contribution in [0.3, 0.4) is 0 Å². The minimum absolute atomic E-state index is 0.00580. The van der Waals surface area contributed by atoms with E-state index in [-0.39, 0.29) is 30.4 Å². The maximum Gasteiger partial charge on any atom is 0.286 e. The Bertz CT molecular complexity index is 715. The molecule has 3 atom stereocenters. The molecular weight excluding hydrogens is 342 g/mol. The lowest BCUT2D eigenvalue weighted by atomic mass is 9.80. The van der Waals surface area contributed by atoms with Gasteiger partial charge >= 0.3 is 0 Å². The zero-order valence-electron chi connectivity index (χ0n) is 15.7. The van der Waals surface area contributed by atoms with Gasteiger partial charge < -0.3 is 19.9 Å². The van der Waals surface area contributed by atoms with Crippen LogP contribution in [0, 0.1) is 18.3 Å². The van der Waals surface area contributed by atoms with Crippen LogP contribution in [0.2, 0.25) is 0 Å². The molecular formula is C22H27NO4. The van der Waals surface area contributed by atoms with Gasteiger partial charge in [0.2, 0.25) is 6.29 Å². The molecule has 0 bridgehead atoms. The van der Waals surface area contributed by atoms with E-state index in [0.717, 1.165) is 30.4 Å². The van der Waals surface area contributed by atoms with Crippen molar-refractivity contribution in [1.82, 2.24) is 5.32 Å². The van der Waals surface area contributed by atoms with Crippen molar-refractivity contribution in [2.75, 3.05) is 13.2 Å². The number of amides is 1. The van der Waals surface area contributed by atoms with Crippen molar-refractivity contribution in [2.45, 2.75) is 50.9 Å². The van der Waals surface area contributed by atoms with E-state index in [0.29, 0.717) is 18.8 Å². The summed E-state index contributed by atoms with van der Waals surface area (Å²) in [5, 5.41) is 12.3. The topological polar surface area (TPSA) is 67.8 Å². The number of aliphatic hydroxyl groups excluding tert-OH is 1. The first kappa shape index (κ1) is 19.5. The molecule has 0 spiro atoms. The Morgan fingerprint density at radius 3 is 2.70 bits per heavy atom. The molecule has 1 aromatic rings. The van der Waals surface area contributed by atoms with Crippen molar-refractivity contribution in [1.29, 1.82) is 0 Å². The molecule has 0 unspecified atom stereocenters. The number of terminal acetylenes is 1. The van der Waals surface area contributed by atoms with Crippen LogP contribution in [0.25, 0.3) is 0 Å². The molecule has 27 heavy (non-hydrogen) atoms. The van der Waals surface area contributed by atoms with Crippen LogP contribution in [-0.4, -0.2) is 36.6 Å². The Morgan fingerprint density at radius 2 is 2.11 bits per heavy atom. The molecule has 2 N–H and O–H groups in total. The summed E-state index contributed by atoms with van der Waals surface area (Å²) in [6, 6.07) is 8.05. The minimum Gasteiger partial charge on any atom is -0.459 e. The van der Waals surface area contributed by atoms with Crippen molar-refractivity contribution in [3.8, 4) is 12.3 Å². The fourth-order valence-corrected chi connectivity index (χ4v) is 3.43. The van der Waals surface area contributed by atoms with E-state index in [9.17, 15) is 9.90 Å². The van der Waals surface area contributed by atoms with Crippen LogP contribution >= 0.6 is 0 Å². The van der Waals surface area contributed by atoms with E-state index >= 15 is 0 Å². The third kappa shape index (κ3) is 4.91. The molecule has 1 aliphatic heterocycles. The molecule has 0 saturated heterocycles. The number of ether oxygens (including phenoxy) is 2. The normalized spacial score (nSPS) is 24.5. The third-order valence-corrected chi connectivity index (χ3v) is 5.01. The van der Waals surface area contributed by atoms with E-state index in [1.54, 1.807) is 0 Å². The molecule has 144 valence electrons.